The van der Waals surface area contributed by atoms with Gasteiger partial charge in [0.2, 0.25) is 0 Å². The number of para-hydroxylation sites is 1. The van der Waals surface area contributed by atoms with Crippen LogP contribution in [0, 0.1) is 5.82 Å². The first-order valence-electron chi connectivity index (χ1n) is 7.73. The Labute approximate surface area is 143 Å². The zero-order valence-corrected chi connectivity index (χ0v) is 13.5. The van der Waals surface area contributed by atoms with Crippen LogP contribution in [0.5, 0.6) is 5.75 Å². The lowest BCUT2D eigenvalue weighted by atomic mass is 10.1. The Morgan fingerprint density at radius 1 is 1.16 bits per heavy atom. The Kier molecular flexibility index (Phi) is 5.03. The summed E-state index contributed by atoms with van der Waals surface area (Å²) in [5.41, 5.74) is 2.00. The highest BCUT2D eigenvalue weighted by Crippen LogP contribution is 2.23. The van der Waals surface area contributed by atoms with E-state index in [-0.39, 0.29) is 24.7 Å². The number of carbonyl (C=O) groups excluding carboxylic acids is 1. The molecule has 2 aromatic carbocycles. The number of halogens is 1. The maximum atomic E-state index is 13.6. The first-order chi connectivity index (χ1) is 12.2. The molecule has 0 atom stereocenters. The van der Waals surface area contributed by atoms with Crippen LogP contribution >= 0.6 is 0 Å². The van der Waals surface area contributed by atoms with Gasteiger partial charge >= 0.3 is 5.97 Å². The van der Waals surface area contributed by atoms with Crippen LogP contribution in [0.3, 0.4) is 0 Å². The molecule has 0 unspecified atom stereocenters. The van der Waals surface area contributed by atoms with Crippen molar-refractivity contribution < 1.29 is 18.7 Å². The molecule has 6 nitrogen and oxygen atoms in total. The Hall–Kier alpha value is -3.22. The van der Waals surface area contributed by atoms with E-state index in [4.69, 9.17) is 9.47 Å². The third kappa shape index (κ3) is 3.82. The van der Waals surface area contributed by atoms with Gasteiger partial charge in [-0.25, -0.2) is 9.18 Å². The summed E-state index contributed by atoms with van der Waals surface area (Å²) >= 11 is 0. The molecule has 0 saturated carbocycles. The van der Waals surface area contributed by atoms with Gasteiger partial charge in [-0.1, -0.05) is 30.3 Å². The minimum Gasteiger partial charge on any atom is -0.486 e. The molecule has 7 heteroatoms. The summed E-state index contributed by atoms with van der Waals surface area (Å²) in [6.45, 7) is 2.15. The van der Waals surface area contributed by atoms with Crippen molar-refractivity contribution in [1.82, 2.24) is 15.4 Å². The highest BCUT2D eigenvalue weighted by atomic mass is 19.1. The second kappa shape index (κ2) is 7.57. The molecule has 128 valence electrons. The average molecular weight is 341 g/mol. The molecular weight excluding hydrogens is 325 g/mol. The van der Waals surface area contributed by atoms with Gasteiger partial charge < -0.3 is 9.47 Å². The van der Waals surface area contributed by atoms with Crippen LogP contribution in [0.4, 0.5) is 4.39 Å². The predicted molar refractivity (Wildman–Crippen MR) is 88.5 cm³/mol. The molecule has 0 saturated heterocycles. The molecule has 0 aliphatic rings. The molecule has 3 aromatic rings. The fourth-order valence-electron chi connectivity index (χ4n) is 2.31. The van der Waals surface area contributed by atoms with E-state index in [9.17, 15) is 9.18 Å². The minimum atomic E-state index is -0.542. The first kappa shape index (κ1) is 16.6. The molecule has 0 fully saturated rings. The van der Waals surface area contributed by atoms with Gasteiger partial charge in [0.15, 0.2) is 17.3 Å². The summed E-state index contributed by atoms with van der Waals surface area (Å²) in [7, 11) is 0. The van der Waals surface area contributed by atoms with Crippen molar-refractivity contribution in [3.63, 3.8) is 0 Å². The Morgan fingerprint density at radius 3 is 2.80 bits per heavy atom. The van der Waals surface area contributed by atoms with E-state index < -0.39 is 11.8 Å². The molecule has 3 rings (SSSR count). The van der Waals surface area contributed by atoms with Gasteiger partial charge in [-0.2, -0.15) is 10.3 Å². The van der Waals surface area contributed by atoms with Crippen molar-refractivity contribution in [3.8, 4) is 17.0 Å². The smallest absolute Gasteiger partial charge is 0.361 e. The lowest BCUT2D eigenvalue weighted by Crippen LogP contribution is -2.07. The number of hydrogen-bond donors (Lipinski definition) is 1. The molecule has 1 N–H and O–H groups in total. The van der Waals surface area contributed by atoms with Gasteiger partial charge in [-0.3, -0.25) is 0 Å². The second-order valence-electron chi connectivity index (χ2n) is 5.16. The molecule has 0 radical (unpaired) electrons. The molecule has 0 bridgehead atoms. The molecule has 0 aliphatic heterocycles. The van der Waals surface area contributed by atoms with Crippen molar-refractivity contribution in [2.75, 3.05) is 6.61 Å². The Morgan fingerprint density at radius 2 is 2.00 bits per heavy atom. The summed E-state index contributed by atoms with van der Waals surface area (Å²) in [6, 6.07) is 13.5. The number of hydrogen-bond acceptors (Lipinski definition) is 5. The van der Waals surface area contributed by atoms with Crippen molar-refractivity contribution in [1.29, 1.82) is 0 Å². The maximum Gasteiger partial charge on any atom is 0.361 e. The topological polar surface area (TPSA) is 77.1 Å². The molecular formula is C18H16FN3O3. The number of benzene rings is 2. The summed E-state index contributed by atoms with van der Waals surface area (Å²) in [5, 5.41) is 10.3. The maximum absolute atomic E-state index is 13.6. The van der Waals surface area contributed by atoms with Crippen LogP contribution in [0.1, 0.15) is 23.0 Å². The van der Waals surface area contributed by atoms with E-state index in [1.165, 1.54) is 6.07 Å². The highest BCUT2D eigenvalue weighted by molar-refractivity contribution is 5.93. The Balaban J connectivity index is 1.80. The molecule has 0 spiro atoms. The fourth-order valence-corrected chi connectivity index (χ4v) is 2.31. The van der Waals surface area contributed by atoms with Crippen molar-refractivity contribution in [3.05, 3.63) is 65.6 Å². The summed E-state index contributed by atoms with van der Waals surface area (Å²) in [5.74, 6) is -0.777. The number of ether oxygens (including phenoxy) is 2. The SMILES string of the molecule is CCOC(=O)c1n[nH]nc1-c1cccc(COc2ccccc2F)c1. The standard InChI is InChI=1S/C18H16FN3O3/c1-2-24-18(23)17-16(20-22-21-17)13-7-5-6-12(10-13)11-25-15-9-4-3-8-14(15)19/h3-10H,2,11H2,1H3,(H,20,21,22). The molecule has 25 heavy (non-hydrogen) atoms. The van der Waals surface area contributed by atoms with Gasteiger partial charge in [0.25, 0.3) is 0 Å². The number of aromatic amines is 1. The first-order valence-corrected chi connectivity index (χ1v) is 7.73. The van der Waals surface area contributed by atoms with Crippen LogP contribution in [0.2, 0.25) is 0 Å². The number of esters is 1. The summed E-state index contributed by atoms with van der Waals surface area (Å²) in [4.78, 5) is 11.9. The number of nitrogens with zero attached hydrogens (tertiary/aromatic N) is 2. The quantitative estimate of drug-likeness (QED) is 0.696. The normalized spacial score (nSPS) is 10.5. The van der Waals surface area contributed by atoms with Gasteiger partial charge in [-0.05, 0) is 30.7 Å². The number of nitrogens with one attached hydrogen (secondary N) is 1. The van der Waals surface area contributed by atoms with E-state index in [2.05, 4.69) is 15.4 Å². The average Bonchev–Trinajstić information content (AvgIpc) is 3.11. The van der Waals surface area contributed by atoms with Crippen molar-refractivity contribution >= 4 is 5.97 Å². The third-order valence-electron chi connectivity index (χ3n) is 3.45. The number of H-pyrrole nitrogens is 1. The zero-order chi connectivity index (χ0) is 17.6. The molecule has 1 aromatic heterocycles. The van der Waals surface area contributed by atoms with Crippen LogP contribution < -0.4 is 4.74 Å². The van der Waals surface area contributed by atoms with Crippen LogP contribution in [-0.4, -0.2) is 28.0 Å². The number of carbonyl (C=O) groups is 1. The van der Waals surface area contributed by atoms with E-state index in [0.717, 1.165) is 5.56 Å². The number of aromatic nitrogens is 3. The van der Waals surface area contributed by atoms with E-state index in [1.807, 2.05) is 6.07 Å². The van der Waals surface area contributed by atoms with Gasteiger partial charge in [0.05, 0.1) is 6.61 Å². The van der Waals surface area contributed by atoms with Crippen LogP contribution in [-0.2, 0) is 11.3 Å². The van der Waals surface area contributed by atoms with E-state index in [0.29, 0.717) is 11.3 Å². The van der Waals surface area contributed by atoms with E-state index >= 15 is 0 Å². The Bertz CT molecular complexity index is 879. The van der Waals surface area contributed by atoms with E-state index in [1.54, 1.807) is 43.3 Å². The van der Waals surface area contributed by atoms with Gasteiger partial charge in [0.1, 0.15) is 12.3 Å². The third-order valence-corrected chi connectivity index (χ3v) is 3.45. The largest absolute Gasteiger partial charge is 0.486 e. The van der Waals surface area contributed by atoms with Crippen molar-refractivity contribution in [2.45, 2.75) is 13.5 Å². The predicted octanol–water partition coefficient (Wildman–Crippen LogP) is 3.37. The lowest BCUT2D eigenvalue weighted by Gasteiger charge is -2.08. The second-order valence-corrected chi connectivity index (χ2v) is 5.16. The summed E-state index contributed by atoms with van der Waals surface area (Å²) in [6.07, 6.45) is 0. The van der Waals surface area contributed by atoms with Crippen LogP contribution in [0.25, 0.3) is 11.3 Å². The fraction of sp³-hybridized carbons (Fsp3) is 0.167. The van der Waals surface area contributed by atoms with Crippen molar-refractivity contribution in [2.24, 2.45) is 0 Å². The molecule has 0 aliphatic carbocycles. The number of rotatable bonds is 6. The minimum absolute atomic E-state index is 0.119. The molecule has 0 amide bonds. The lowest BCUT2D eigenvalue weighted by molar-refractivity contribution is 0.0520. The highest BCUT2D eigenvalue weighted by Gasteiger charge is 2.19. The monoisotopic (exact) mass is 341 g/mol. The van der Waals surface area contributed by atoms with Crippen LogP contribution in [0.15, 0.2) is 48.5 Å². The summed E-state index contributed by atoms with van der Waals surface area (Å²) < 4.78 is 24.1. The zero-order valence-electron chi connectivity index (χ0n) is 13.5. The van der Waals surface area contributed by atoms with Gasteiger partial charge in [-0.15, -0.1) is 5.10 Å². The van der Waals surface area contributed by atoms with Gasteiger partial charge in [0, 0.05) is 5.56 Å². The molecule has 1 heterocycles.